The number of piperidine rings is 1. The fraction of sp³-hybridized carbons (Fsp3) is 0.476. The molecule has 0 radical (unpaired) electrons. The lowest BCUT2D eigenvalue weighted by atomic mass is 9.93. The van der Waals surface area contributed by atoms with Crippen molar-refractivity contribution in [3.63, 3.8) is 0 Å². The predicted octanol–water partition coefficient (Wildman–Crippen LogP) is 2.40. The van der Waals surface area contributed by atoms with Crippen molar-refractivity contribution in [2.75, 3.05) is 33.4 Å². The maximum atomic E-state index is 12.6. The van der Waals surface area contributed by atoms with Crippen molar-refractivity contribution in [1.82, 2.24) is 15.5 Å². The zero-order valence-corrected chi connectivity index (χ0v) is 17.8. The molecule has 2 N–H and O–H groups in total. The normalized spacial score (nSPS) is 20.4. The minimum atomic E-state index is -0.669. The smallest absolute Gasteiger partial charge is 0.338 e. The number of hydrogen-bond acceptors (Lipinski definition) is 6. The van der Waals surface area contributed by atoms with Crippen LogP contribution < -0.4 is 10.6 Å². The van der Waals surface area contributed by atoms with Gasteiger partial charge >= 0.3 is 18.0 Å². The summed E-state index contributed by atoms with van der Waals surface area (Å²) >= 11 is 6.11. The van der Waals surface area contributed by atoms with Gasteiger partial charge in [-0.15, -0.1) is 0 Å². The molecule has 0 bridgehead atoms. The van der Waals surface area contributed by atoms with Crippen LogP contribution in [0.5, 0.6) is 0 Å². The predicted molar refractivity (Wildman–Crippen MR) is 111 cm³/mol. The number of nitrogens with zero attached hydrogens (tertiary/aromatic N) is 1. The van der Waals surface area contributed by atoms with Crippen LogP contribution in [-0.2, 0) is 19.1 Å². The second-order valence-electron chi connectivity index (χ2n) is 7.27. The number of esters is 2. The molecule has 3 rings (SSSR count). The Hall–Kier alpha value is -2.58. The van der Waals surface area contributed by atoms with Crippen LogP contribution in [0.2, 0.25) is 5.02 Å². The van der Waals surface area contributed by atoms with Gasteiger partial charge in [-0.3, -0.25) is 9.69 Å². The highest BCUT2D eigenvalue weighted by molar-refractivity contribution is 6.30. The molecule has 1 fully saturated rings. The first-order valence-electron chi connectivity index (χ1n) is 9.96. The van der Waals surface area contributed by atoms with Crippen LogP contribution in [0.4, 0.5) is 4.79 Å². The van der Waals surface area contributed by atoms with E-state index >= 15 is 0 Å². The van der Waals surface area contributed by atoms with Crippen molar-refractivity contribution in [2.24, 2.45) is 5.92 Å². The molecule has 0 aliphatic carbocycles. The minimum absolute atomic E-state index is 0.114. The molecular formula is C21H26ClN3O5. The number of benzene rings is 1. The molecule has 1 atom stereocenters. The number of halogens is 1. The monoisotopic (exact) mass is 435 g/mol. The lowest BCUT2D eigenvalue weighted by Crippen LogP contribution is -2.49. The maximum Gasteiger partial charge on any atom is 0.338 e. The number of ether oxygens (including phenoxy) is 2. The fourth-order valence-corrected chi connectivity index (χ4v) is 4.04. The Morgan fingerprint density at radius 1 is 1.27 bits per heavy atom. The number of likely N-dealkylation sites (tertiary alicyclic amines) is 1. The Morgan fingerprint density at radius 2 is 2.00 bits per heavy atom. The topological polar surface area (TPSA) is 97.0 Å². The van der Waals surface area contributed by atoms with E-state index in [4.69, 9.17) is 21.1 Å². The zero-order chi connectivity index (χ0) is 21.7. The molecule has 1 aromatic rings. The lowest BCUT2D eigenvalue weighted by Gasteiger charge is -2.34. The van der Waals surface area contributed by atoms with Crippen molar-refractivity contribution in [3.8, 4) is 0 Å². The third-order valence-corrected chi connectivity index (χ3v) is 5.57. The molecule has 162 valence electrons. The molecule has 1 saturated heterocycles. The van der Waals surface area contributed by atoms with E-state index in [1.165, 1.54) is 7.11 Å². The molecule has 2 heterocycles. The van der Waals surface area contributed by atoms with E-state index in [2.05, 4.69) is 15.5 Å². The van der Waals surface area contributed by atoms with Crippen molar-refractivity contribution >= 4 is 29.6 Å². The number of carbonyl (C=O) groups is 3. The summed E-state index contributed by atoms with van der Waals surface area (Å²) in [5, 5.41) is 6.05. The van der Waals surface area contributed by atoms with Crippen LogP contribution in [0.1, 0.15) is 31.4 Å². The van der Waals surface area contributed by atoms with Crippen molar-refractivity contribution in [1.29, 1.82) is 0 Å². The average Bonchev–Trinajstić information content (AvgIpc) is 2.73. The molecule has 0 spiro atoms. The van der Waals surface area contributed by atoms with Crippen LogP contribution in [0.3, 0.4) is 0 Å². The Bertz CT molecular complexity index is 849. The van der Waals surface area contributed by atoms with Crippen LogP contribution in [0.25, 0.3) is 0 Å². The number of amides is 2. The molecule has 9 heteroatoms. The van der Waals surface area contributed by atoms with E-state index in [-0.39, 0.29) is 11.9 Å². The molecule has 8 nitrogen and oxygen atoms in total. The number of hydrogen-bond donors (Lipinski definition) is 2. The summed E-state index contributed by atoms with van der Waals surface area (Å²) in [4.78, 5) is 39.0. The van der Waals surface area contributed by atoms with Gasteiger partial charge in [-0.05, 0) is 50.6 Å². The van der Waals surface area contributed by atoms with E-state index in [1.54, 1.807) is 31.2 Å². The first-order chi connectivity index (χ1) is 14.4. The summed E-state index contributed by atoms with van der Waals surface area (Å²) in [5.74, 6) is -0.802. The van der Waals surface area contributed by atoms with Crippen molar-refractivity contribution < 1.29 is 23.9 Å². The Morgan fingerprint density at radius 3 is 2.63 bits per heavy atom. The Balaban J connectivity index is 1.82. The highest BCUT2D eigenvalue weighted by atomic mass is 35.5. The standard InChI is InChI=1S/C21H26ClN3O5/c1-3-30-19(26)13-7-9-25(10-8-13)12-16-17(20(27)29-2)18(24-21(28)23-16)14-5-4-6-15(22)11-14/h4-6,11,13,18H,3,7-10,12H2,1-2H3,(H2,23,24,28)/t18-/m0/s1. The van der Waals surface area contributed by atoms with Crippen LogP contribution in [0.15, 0.2) is 35.5 Å². The Labute approximate surface area is 180 Å². The van der Waals surface area contributed by atoms with Gasteiger partial charge in [0.2, 0.25) is 0 Å². The van der Waals surface area contributed by atoms with Gasteiger partial charge in [0.15, 0.2) is 0 Å². The minimum Gasteiger partial charge on any atom is -0.466 e. The summed E-state index contributed by atoms with van der Waals surface area (Å²) in [6, 6.07) is 5.93. The summed E-state index contributed by atoms with van der Waals surface area (Å²) in [6.45, 7) is 3.85. The number of methoxy groups -OCH3 is 1. The number of carbonyl (C=O) groups excluding carboxylic acids is 3. The molecule has 0 unspecified atom stereocenters. The van der Waals surface area contributed by atoms with Crippen LogP contribution in [0, 0.1) is 5.92 Å². The largest absolute Gasteiger partial charge is 0.466 e. The zero-order valence-electron chi connectivity index (χ0n) is 17.1. The van der Waals surface area contributed by atoms with Crippen LogP contribution >= 0.6 is 11.6 Å². The SMILES string of the molecule is CCOC(=O)C1CCN(CC2=C(C(=O)OC)[C@H](c3cccc(Cl)c3)NC(=O)N2)CC1. The van der Waals surface area contributed by atoms with Gasteiger partial charge in [0.05, 0.1) is 31.2 Å². The third-order valence-electron chi connectivity index (χ3n) is 5.33. The highest BCUT2D eigenvalue weighted by Crippen LogP contribution is 2.30. The van der Waals surface area contributed by atoms with Gasteiger partial charge in [0, 0.05) is 17.3 Å². The fourth-order valence-electron chi connectivity index (χ4n) is 3.84. The van der Waals surface area contributed by atoms with Gasteiger partial charge in [-0.2, -0.15) is 0 Å². The van der Waals surface area contributed by atoms with E-state index < -0.39 is 18.0 Å². The quantitative estimate of drug-likeness (QED) is 0.666. The lowest BCUT2D eigenvalue weighted by molar-refractivity contribution is -0.149. The van der Waals surface area contributed by atoms with E-state index in [9.17, 15) is 14.4 Å². The maximum absolute atomic E-state index is 12.6. The molecular weight excluding hydrogens is 410 g/mol. The van der Waals surface area contributed by atoms with Gasteiger partial charge in [0.1, 0.15) is 0 Å². The van der Waals surface area contributed by atoms with Gasteiger partial charge in [-0.25, -0.2) is 9.59 Å². The first kappa shape index (κ1) is 22.1. The third kappa shape index (κ3) is 5.12. The van der Waals surface area contributed by atoms with Gasteiger partial charge < -0.3 is 20.1 Å². The van der Waals surface area contributed by atoms with E-state index in [1.807, 2.05) is 0 Å². The van der Waals surface area contributed by atoms with Crippen molar-refractivity contribution in [2.45, 2.75) is 25.8 Å². The molecule has 2 aliphatic rings. The Kier molecular flexibility index (Phi) is 7.33. The summed E-state index contributed by atoms with van der Waals surface area (Å²) in [7, 11) is 1.31. The summed E-state index contributed by atoms with van der Waals surface area (Å²) in [6.07, 6.45) is 1.34. The van der Waals surface area contributed by atoms with Crippen LogP contribution in [-0.4, -0.2) is 56.2 Å². The molecule has 1 aromatic carbocycles. The van der Waals surface area contributed by atoms with Gasteiger partial charge in [-0.1, -0.05) is 23.7 Å². The first-order valence-corrected chi connectivity index (χ1v) is 10.3. The van der Waals surface area contributed by atoms with E-state index in [0.717, 1.165) is 0 Å². The molecule has 0 aromatic heterocycles. The average molecular weight is 436 g/mol. The molecule has 2 amide bonds. The van der Waals surface area contributed by atoms with E-state index in [0.29, 0.717) is 60.9 Å². The highest BCUT2D eigenvalue weighted by Gasteiger charge is 2.35. The van der Waals surface area contributed by atoms with Gasteiger partial charge in [0.25, 0.3) is 0 Å². The molecule has 0 saturated carbocycles. The number of nitrogens with one attached hydrogen (secondary N) is 2. The summed E-state index contributed by atoms with van der Waals surface area (Å²) < 4.78 is 10.1. The number of rotatable bonds is 6. The molecule has 30 heavy (non-hydrogen) atoms. The van der Waals surface area contributed by atoms with Crippen molar-refractivity contribution in [3.05, 3.63) is 46.1 Å². The second-order valence-corrected chi connectivity index (χ2v) is 7.71. The number of urea groups is 1. The second kappa shape index (κ2) is 9.95. The molecule has 2 aliphatic heterocycles. The summed E-state index contributed by atoms with van der Waals surface area (Å²) in [5.41, 5.74) is 1.52.